The molecule has 2 aromatic rings. The molecule has 7 heteroatoms. The lowest BCUT2D eigenvalue weighted by Gasteiger charge is -2.32. The number of ether oxygens (including phenoxy) is 1. The normalized spacial score (nSPS) is 17.8. The first-order valence-corrected chi connectivity index (χ1v) is 9.37. The third kappa shape index (κ3) is 4.02. The molecule has 1 aromatic heterocycles. The first-order chi connectivity index (χ1) is 12.5. The van der Waals surface area contributed by atoms with Gasteiger partial charge in [-0.2, -0.15) is 0 Å². The van der Waals surface area contributed by atoms with Crippen LogP contribution < -0.4 is 16.0 Å². The number of hydrogen-bond donors (Lipinski definition) is 2. The average Bonchev–Trinajstić information content (AvgIpc) is 2.83. The lowest BCUT2D eigenvalue weighted by molar-refractivity contribution is 0.134. The monoisotopic (exact) mass is 375 g/mol. The van der Waals surface area contributed by atoms with Crippen LogP contribution in [0.1, 0.15) is 36.3 Å². The molecule has 1 saturated heterocycles. The minimum Gasteiger partial charge on any atom is -0.385 e. The van der Waals surface area contributed by atoms with E-state index in [1.165, 1.54) is 0 Å². The molecule has 0 saturated carbocycles. The zero-order valence-corrected chi connectivity index (χ0v) is 16.3. The Morgan fingerprint density at radius 1 is 1.31 bits per heavy atom. The molecule has 2 heterocycles. The average molecular weight is 376 g/mol. The molecule has 140 valence electrons. The van der Waals surface area contributed by atoms with Crippen molar-refractivity contribution < 1.29 is 4.74 Å². The van der Waals surface area contributed by atoms with E-state index in [4.69, 9.17) is 22.1 Å². The first kappa shape index (κ1) is 18.7. The second-order valence-electron chi connectivity index (χ2n) is 6.55. The molecule has 0 aliphatic carbocycles. The van der Waals surface area contributed by atoms with E-state index in [1.807, 2.05) is 19.1 Å². The summed E-state index contributed by atoms with van der Waals surface area (Å²) in [5, 5.41) is 4.08. The van der Waals surface area contributed by atoms with E-state index in [0.717, 1.165) is 53.8 Å². The van der Waals surface area contributed by atoms with Gasteiger partial charge in [0, 0.05) is 36.5 Å². The predicted molar refractivity (Wildman–Crippen MR) is 107 cm³/mol. The summed E-state index contributed by atoms with van der Waals surface area (Å²) in [6.07, 6.45) is 0.922. The first-order valence-electron chi connectivity index (χ1n) is 8.99. The summed E-state index contributed by atoms with van der Waals surface area (Å²) in [5.41, 5.74) is 9.22. The number of nitrogen functional groups attached to an aromatic ring is 1. The van der Waals surface area contributed by atoms with E-state index >= 15 is 0 Å². The number of halogens is 1. The van der Waals surface area contributed by atoms with Crippen LogP contribution in [0.2, 0.25) is 5.02 Å². The fourth-order valence-corrected chi connectivity index (χ4v) is 3.66. The Bertz CT molecular complexity index is 763. The van der Waals surface area contributed by atoms with Crippen LogP contribution in [-0.4, -0.2) is 36.3 Å². The van der Waals surface area contributed by atoms with Crippen molar-refractivity contribution >= 4 is 28.9 Å². The summed E-state index contributed by atoms with van der Waals surface area (Å²) in [7, 11) is 0. The minimum atomic E-state index is -0.0203. The molecule has 3 rings (SSSR count). The SMILES string of the molecule is CCNc1cc(Cl)c([C@@H]2COCCCN2c2cc(N)nc(C)n2)cc1C. The standard InChI is InChI=1S/C19H26ClN5O/c1-4-22-16-9-15(20)14(8-12(16)2)17-11-26-7-5-6-25(17)19-10-18(21)23-13(3)24-19/h8-10,17,22H,4-7,11H2,1-3H3,(H2,21,23,24)/t17-/m0/s1. The Labute approximate surface area is 159 Å². The predicted octanol–water partition coefficient (Wildman–Crippen LogP) is 3.73. The summed E-state index contributed by atoms with van der Waals surface area (Å²) in [6.45, 7) is 8.98. The van der Waals surface area contributed by atoms with Crippen LogP contribution in [0.3, 0.4) is 0 Å². The molecular formula is C19H26ClN5O. The Kier molecular flexibility index (Phi) is 5.84. The van der Waals surface area contributed by atoms with Crippen LogP contribution >= 0.6 is 11.6 Å². The highest BCUT2D eigenvalue weighted by Gasteiger charge is 2.27. The number of hydrogen-bond acceptors (Lipinski definition) is 6. The zero-order valence-electron chi connectivity index (χ0n) is 15.6. The maximum absolute atomic E-state index is 6.66. The van der Waals surface area contributed by atoms with Gasteiger partial charge < -0.3 is 20.7 Å². The number of aryl methyl sites for hydroxylation is 2. The van der Waals surface area contributed by atoms with Crippen LogP contribution in [-0.2, 0) is 4.74 Å². The summed E-state index contributed by atoms with van der Waals surface area (Å²) in [5.74, 6) is 1.95. The summed E-state index contributed by atoms with van der Waals surface area (Å²) < 4.78 is 5.86. The quantitative estimate of drug-likeness (QED) is 0.847. The number of aromatic nitrogens is 2. The number of benzene rings is 1. The van der Waals surface area contributed by atoms with Crippen molar-refractivity contribution in [1.29, 1.82) is 0 Å². The fraction of sp³-hybridized carbons (Fsp3) is 0.474. The van der Waals surface area contributed by atoms with Gasteiger partial charge in [-0.3, -0.25) is 0 Å². The van der Waals surface area contributed by atoms with Crippen molar-refractivity contribution in [2.45, 2.75) is 33.2 Å². The van der Waals surface area contributed by atoms with Gasteiger partial charge in [-0.05, 0) is 44.4 Å². The van der Waals surface area contributed by atoms with Crippen molar-refractivity contribution in [2.75, 3.05) is 42.3 Å². The maximum atomic E-state index is 6.66. The van der Waals surface area contributed by atoms with Gasteiger partial charge in [0.25, 0.3) is 0 Å². The lowest BCUT2D eigenvalue weighted by Crippen LogP contribution is -2.32. The van der Waals surface area contributed by atoms with Crippen molar-refractivity contribution in [3.05, 3.63) is 40.2 Å². The summed E-state index contributed by atoms with van der Waals surface area (Å²) >= 11 is 6.66. The molecule has 0 radical (unpaired) electrons. The highest BCUT2D eigenvalue weighted by atomic mass is 35.5. The highest BCUT2D eigenvalue weighted by Crippen LogP contribution is 2.35. The topological polar surface area (TPSA) is 76.3 Å². The van der Waals surface area contributed by atoms with E-state index in [1.54, 1.807) is 0 Å². The Balaban J connectivity index is 2.03. The minimum absolute atomic E-state index is 0.0203. The molecule has 26 heavy (non-hydrogen) atoms. The third-order valence-electron chi connectivity index (χ3n) is 4.55. The van der Waals surface area contributed by atoms with Crippen molar-refractivity contribution in [3.63, 3.8) is 0 Å². The zero-order chi connectivity index (χ0) is 18.7. The number of rotatable bonds is 4. The Morgan fingerprint density at radius 2 is 2.12 bits per heavy atom. The molecule has 1 aromatic carbocycles. The van der Waals surface area contributed by atoms with Gasteiger partial charge >= 0.3 is 0 Å². The van der Waals surface area contributed by atoms with Gasteiger partial charge in [0.05, 0.1) is 12.6 Å². The smallest absolute Gasteiger partial charge is 0.134 e. The second-order valence-corrected chi connectivity index (χ2v) is 6.96. The lowest BCUT2D eigenvalue weighted by atomic mass is 10.0. The van der Waals surface area contributed by atoms with Gasteiger partial charge in [0.15, 0.2) is 0 Å². The Morgan fingerprint density at radius 3 is 2.85 bits per heavy atom. The maximum Gasteiger partial charge on any atom is 0.134 e. The molecule has 1 atom stereocenters. The molecular weight excluding hydrogens is 350 g/mol. The number of anilines is 3. The summed E-state index contributed by atoms with van der Waals surface area (Å²) in [4.78, 5) is 11.0. The van der Waals surface area contributed by atoms with Crippen LogP contribution in [0.5, 0.6) is 0 Å². The van der Waals surface area contributed by atoms with E-state index in [9.17, 15) is 0 Å². The Hall–Kier alpha value is -2.05. The number of nitrogens with zero attached hydrogens (tertiary/aromatic N) is 3. The molecule has 0 unspecified atom stereocenters. The molecule has 1 aliphatic heterocycles. The van der Waals surface area contributed by atoms with Crippen LogP contribution in [0.25, 0.3) is 0 Å². The van der Waals surface area contributed by atoms with Gasteiger partial charge in [-0.15, -0.1) is 0 Å². The molecule has 1 aliphatic rings. The molecule has 0 amide bonds. The van der Waals surface area contributed by atoms with Crippen molar-refractivity contribution in [1.82, 2.24) is 9.97 Å². The van der Waals surface area contributed by atoms with Gasteiger partial charge in [0.2, 0.25) is 0 Å². The fourth-order valence-electron chi connectivity index (χ4n) is 3.37. The van der Waals surface area contributed by atoms with E-state index < -0.39 is 0 Å². The van der Waals surface area contributed by atoms with E-state index in [2.05, 4.69) is 40.1 Å². The van der Waals surface area contributed by atoms with Crippen LogP contribution in [0.4, 0.5) is 17.3 Å². The molecule has 6 nitrogen and oxygen atoms in total. The van der Waals surface area contributed by atoms with Gasteiger partial charge in [-0.1, -0.05) is 17.7 Å². The molecule has 0 bridgehead atoms. The summed E-state index contributed by atoms with van der Waals surface area (Å²) in [6, 6.07) is 5.94. The van der Waals surface area contributed by atoms with Gasteiger partial charge in [0.1, 0.15) is 17.5 Å². The molecule has 0 spiro atoms. The molecule has 1 fully saturated rings. The number of nitrogens with one attached hydrogen (secondary N) is 1. The van der Waals surface area contributed by atoms with E-state index in [0.29, 0.717) is 18.2 Å². The van der Waals surface area contributed by atoms with Crippen molar-refractivity contribution in [2.24, 2.45) is 0 Å². The second kappa shape index (κ2) is 8.10. The van der Waals surface area contributed by atoms with E-state index in [-0.39, 0.29) is 6.04 Å². The van der Waals surface area contributed by atoms with Crippen LogP contribution in [0.15, 0.2) is 18.2 Å². The third-order valence-corrected chi connectivity index (χ3v) is 4.88. The number of nitrogens with two attached hydrogens (primary N) is 1. The highest BCUT2D eigenvalue weighted by molar-refractivity contribution is 6.31. The largest absolute Gasteiger partial charge is 0.385 e. The van der Waals surface area contributed by atoms with Gasteiger partial charge in [-0.25, -0.2) is 9.97 Å². The van der Waals surface area contributed by atoms with Crippen LogP contribution in [0, 0.1) is 13.8 Å². The van der Waals surface area contributed by atoms with Crippen molar-refractivity contribution in [3.8, 4) is 0 Å². The molecule has 3 N–H and O–H groups in total.